The summed E-state index contributed by atoms with van der Waals surface area (Å²) >= 11 is 0. The molecule has 10 heteroatoms. The molecule has 2 aromatic heterocycles. The highest BCUT2D eigenvalue weighted by Crippen LogP contribution is 2.45. The van der Waals surface area contributed by atoms with E-state index in [-0.39, 0.29) is 23.6 Å². The molecule has 1 aromatic carbocycles. The van der Waals surface area contributed by atoms with Gasteiger partial charge in [0.1, 0.15) is 22.9 Å². The molecule has 0 bridgehead atoms. The smallest absolute Gasteiger partial charge is 0.343 e. The lowest BCUT2D eigenvalue weighted by Crippen LogP contribution is -2.27. The van der Waals surface area contributed by atoms with Gasteiger partial charge in [-0.3, -0.25) is 0 Å². The van der Waals surface area contributed by atoms with Crippen molar-refractivity contribution in [3.8, 4) is 5.75 Å². The van der Waals surface area contributed by atoms with E-state index < -0.39 is 36.7 Å². The maximum absolute atomic E-state index is 14.4. The highest BCUT2D eigenvalue weighted by Gasteiger charge is 2.47. The first-order chi connectivity index (χ1) is 14.3. The number of methoxy groups -OCH3 is 1. The summed E-state index contributed by atoms with van der Waals surface area (Å²) in [6.45, 7) is 1.24. The van der Waals surface area contributed by atoms with Crippen LogP contribution in [-0.4, -0.2) is 46.8 Å². The number of anilines is 1. The Morgan fingerprint density at radius 1 is 1.33 bits per heavy atom. The fourth-order valence-electron chi connectivity index (χ4n) is 3.67. The number of hydrogen-bond donors (Lipinski definition) is 0. The van der Waals surface area contributed by atoms with Crippen LogP contribution >= 0.6 is 0 Å². The average Bonchev–Trinajstić information content (AvgIpc) is 3.28. The number of nitrogens with zero attached hydrogens (tertiary/aromatic N) is 4. The summed E-state index contributed by atoms with van der Waals surface area (Å²) in [4.78, 5) is 17.9. The molecule has 0 N–H and O–H groups in total. The first-order valence-corrected chi connectivity index (χ1v) is 9.32. The summed E-state index contributed by atoms with van der Waals surface area (Å²) in [6.07, 6.45) is 2.32. The van der Waals surface area contributed by atoms with Gasteiger partial charge in [0.25, 0.3) is 5.92 Å². The average molecular weight is 420 g/mol. The Labute approximate surface area is 170 Å². The van der Waals surface area contributed by atoms with Gasteiger partial charge in [0, 0.05) is 18.2 Å². The van der Waals surface area contributed by atoms with Crippen LogP contribution in [0.3, 0.4) is 0 Å². The van der Waals surface area contributed by atoms with E-state index in [1.165, 1.54) is 53.2 Å². The Hall–Kier alpha value is -3.30. The minimum Gasteiger partial charge on any atom is -0.496 e. The molecule has 0 aliphatic carbocycles. The summed E-state index contributed by atoms with van der Waals surface area (Å²) in [5.74, 6) is -3.65. The third-order valence-corrected chi connectivity index (χ3v) is 4.96. The molecule has 1 aliphatic rings. The third-order valence-electron chi connectivity index (χ3n) is 4.96. The Bertz CT molecular complexity index is 1100. The van der Waals surface area contributed by atoms with Crippen molar-refractivity contribution in [3.63, 3.8) is 0 Å². The highest BCUT2D eigenvalue weighted by molar-refractivity contribution is 5.95. The summed E-state index contributed by atoms with van der Waals surface area (Å²) in [6, 6.07) is 4.47. The second kappa shape index (κ2) is 7.51. The standard InChI is InChI=1S/C20H19F3N4O3/c1-3-30-19(28)14-10-24-27-7-6-17(25-18(14)27)26-11-20(22,23)9-15(26)13-8-12(21)4-5-16(13)29-2/h4-8,10,15H,3,9,11H2,1-2H3. The Morgan fingerprint density at radius 3 is 2.87 bits per heavy atom. The molecular weight excluding hydrogens is 401 g/mol. The van der Waals surface area contributed by atoms with Gasteiger partial charge in [0.05, 0.1) is 32.5 Å². The summed E-state index contributed by atoms with van der Waals surface area (Å²) < 4.78 is 54.4. The second-order valence-corrected chi connectivity index (χ2v) is 6.92. The molecule has 0 radical (unpaired) electrons. The molecule has 0 saturated carbocycles. The van der Waals surface area contributed by atoms with Gasteiger partial charge >= 0.3 is 5.97 Å². The van der Waals surface area contributed by atoms with Crippen LogP contribution in [0.2, 0.25) is 0 Å². The zero-order valence-corrected chi connectivity index (χ0v) is 16.3. The number of alkyl halides is 2. The van der Waals surface area contributed by atoms with Crippen molar-refractivity contribution in [3.05, 3.63) is 53.6 Å². The van der Waals surface area contributed by atoms with Crippen molar-refractivity contribution in [2.75, 3.05) is 25.2 Å². The number of ether oxygens (including phenoxy) is 2. The van der Waals surface area contributed by atoms with Gasteiger partial charge in [-0.2, -0.15) is 5.10 Å². The van der Waals surface area contributed by atoms with E-state index in [0.717, 1.165) is 0 Å². The minimum atomic E-state index is -3.01. The van der Waals surface area contributed by atoms with Crippen LogP contribution in [-0.2, 0) is 4.74 Å². The molecule has 1 fully saturated rings. The van der Waals surface area contributed by atoms with Gasteiger partial charge in [-0.05, 0) is 31.2 Å². The van der Waals surface area contributed by atoms with E-state index in [1.54, 1.807) is 6.92 Å². The highest BCUT2D eigenvalue weighted by atomic mass is 19.3. The first kappa shape index (κ1) is 20.0. The van der Waals surface area contributed by atoms with E-state index in [0.29, 0.717) is 11.3 Å². The molecule has 30 heavy (non-hydrogen) atoms. The maximum Gasteiger partial charge on any atom is 0.343 e. The number of benzene rings is 1. The normalized spacial score (nSPS) is 18.0. The lowest BCUT2D eigenvalue weighted by atomic mass is 10.0. The number of hydrogen-bond acceptors (Lipinski definition) is 6. The van der Waals surface area contributed by atoms with Crippen LogP contribution < -0.4 is 9.64 Å². The Kier molecular flexibility index (Phi) is 5.00. The zero-order valence-electron chi connectivity index (χ0n) is 16.3. The summed E-state index contributed by atoms with van der Waals surface area (Å²) in [5, 5.41) is 4.05. The van der Waals surface area contributed by atoms with Crippen molar-refractivity contribution in [1.82, 2.24) is 14.6 Å². The van der Waals surface area contributed by atoms with E-state index in [2.05, 4.69) is 10.1 Å². The third kappa shape index (κ3) is 3.53. The number of carbonyl (C=O) groups is 1. The fraction of sp³-hybridized carbons (Fsp3) is 0.350. The molecule has 4 rings (SSSR count). The molecule has 158 valence electrons. The van der Waals surface area contributed by atoms with Crippen LogP contribution in [0.25, 0.3) is 5.65 Å². The number of fused-ring (bicyclic) bond motifs is 1. The molecule has 1 atom stereocenters. The van der Waals surface area contributed by atoms with Gasteiger partial charge in [-0.1, -0.05) is 0 Å². The monoisotopic (exact) mass is 420 g/mol. The zero-order chi connectivity index (χ0) is 21.5. The van der Waals surface area contributed by atoms with Gasteiger partial charge in [-0.15, -0.1) is 0 Å². The van der Waals surface area contributed by atoms with Crippen molar-refractivity contribution < 1.29 is 27.4 Å². The molecule has 3 heterocycles. The van der Waals surface area contributed by atoms with Gasteiger partial charge in [0.2, 0.25) is 0 Å². The number of halogens is 3. The van der Waals surface area contributed by atoms with E-state index in [9.17, 15) is 18.0 Å². The van der Waals surface area contributed by atoms with Crippen molar-refractivity contribution in [1.29, 1.82) is 0 Å². The van der Waals surface area contributed by atoms with Crippen molar-refractivity contribution in [2.45, 2.75) is 25.3 Å². The van der Waals surface area contributed by atoms with Crippen molar-refractivity contribution in [2.24, 2.45) is 0 Å². The summed E-state index contributed by atoms with van der Waals surface area (Å²) in [5.41, 5.74) is 0.617. The molecule has 3 aromatic rings. The largest absolute Gasteiger partial charge is 0.496 e. The molecule has 0 amide bonds. The minimum absolute atomic E-state index is 0.129. The molecule has 1 saturated heterocycles. The van der Waals surface area contributed by atoms with Crippen LogP contribution in [0.5, 0.6) is 5.75 Å². The quantitative estimate of drug-likeness (QED) is 0.587. The topological polar surface area (TPSA) is 69.0 Å². The van der Waals surface area contributed by atoms with Crippen LogP contribution in [0.15, 0.2) is 36.7 Å². The van der Waals surface area contributed by atoms with Gasteiger partial charge in [0.15, 0.2) is 5.65 Å². The second-order valence-electron chi connectivity index (χ2n) is 6.92. The molecule has 7 nitrogen and oxygen atoms in total. The van der Waals surface area contributed by atoms with E-state index in [1.807, 2.05) is 0 Å². The number of esters is 1. The lowest BCUT2D eigenvalue weighted by molar-refractivity contribution is 0.0222. The maximum atomic E-state index is 14.4. The van der Waals surface area contributed by atoms with Crippen LogP contribution in [0, 0.1) is 5.82 Å². The van der Waals surface area contributed by atoms with Gasteiger partial charge in [-0.25, -0.2) is 27.5 Å². The predicted molar refractivity (Wildman–Crippen MR) is 102 cm³/mol. The fourth-order valence-corrected chi connectivity index (χ4v) is 3.67. The van der Waals surface area contributed by atoms with Crippen molar-refractivity contribution >= 4 is 17.4 Å². The molecular formula is C20H19F3N4O3. The van der Waals surface area contributed by atoms with E-state index in [4.69, 9.17) is 9.47 Å². The Morgan fingerprint density at radius 2 is 2.13 bits per heavy atom. The summed E-state index contributed by atoms with van der Waals surface area (Å²) in [7, 11) is 1.40. The van der Waals surface area contributed by atoms with E-state index >= 15 is 0 Å². The Balaban J connectivity index is 1.79. The lowest BCUT2D eigenvalue weighted by Gasteiger charge is -2.26. The number of rotatable bonds is 5. The van der Waals surface area contributed by atoms with Crippen LogP contribution in [0.1, 0.15) is 35.3 Å². The SMILES string of the molecule is CCOC(=O)c1cnn2ccc(N3CC(F)(F)CC3c3cc(F)ccc3OC)nc12. The number of carbonyl (C=O) groups excluding carboxylic acids is 1. The predicted octanol–water partition coefficient (Wildman–Crippen LogP) is 3.64. The van der Waals surface area contributed by atoms with Crippen LogP contribution in [0.4, 0.5) is 19.0 Å². The van der Waals surface area contributed by atoms with Gasteiger partial charge < -0.3 is 14.4 Å². The molecule has 1 aliphatic heterocycles. The first-order valence-electron chi connectivity index (χ1n) is 9.32. The number of aromatic nitrogens is 3. The molecule has 1 unspecified atom stereocenters. The molecule has 0 spiro atoms.